The molecule has 2 fully saturated rings. The predicted octanol–water partition coefficient (Wildman–Crippen LogP) is 3.92. The SMILES string of the molecule is COC(=O)C1C(OC)C(OC(=O)COc2ccc(OC)cc2)C[C@H]2CN3CCc4c([nH]c5cc(OC)ccc45)[C@@H]3C[C@H]12. The van der Waals surface area contributed by atoms with Gasteiger partial charge in [0, 0.05) is 42.9 Å². The molecule has 2 aliphatic heterocycles. The highest BCUT2D eigenvalue weighted by molar-refractivity contribution is 5.86. The van der Waals surface area contributed by atoms with Crippen molar-refractivity contribution < 1.29 is 38.0 Å². The van der Waals surface area contributed by atoms with Gasteiger partial charge in [-0.05, 0) is 73.1 Å². The van der Waals surface area contributed by atoms with E-state index < -0.39 is 24.1 Å². The average molecular weight is 579 g/mol. The number of hydrogen-bond acceptors (Lipinski definition) is 9. The Bertz CT molecular complexity index is 1440. The number of rotatable bonds is 8. The molecule has 1 aliphatic carbocycles. The van der Waals surface area contributed by atoms with E-state index in [1.807, 2.05) is 12.1 Å². The van der Waals surface area contributed by atoms with Crippen molar-refractivity contribution in [3.63, 3.8) is 0 Å². The summed E-state index contributed by atoms with van der Waals surface area (Å²) in [4.78, 5) is 32.4. The number of fused-ring (bicyclic) bond motifs is 6. The number of aromatic amines is 1. The Hall–Kier alpha value is -3.76. The van der Waals surface area contributed by atoms with Gasteiger partial charge in [0.05, 0.1) is 33.3 Å². The van der Waals surface area contributed by atoms with Gasteiger partial charge in [0.25, 0.3) is 0 Å². The van der Waals surface area contributed by atoms with E-state index >= 15 is 0 Å². The number of hydrogen-bond donors (Lipinski definition) is 1. The van der Waals surface area contributed by atoms with Gasteiger partial charge in [-0.25, -0.2) is 4.79 Å². The second kappa shape index (κ2) is 11.9. The van der Waals surface area contributed by atoms with E-state index in [4.69, 9.17) is 28.4 Å². The molecule has 1 saturated carbocycles. The molecule has 3 aliphatic rings. The number of H-pyrrole nitrogens is 1. The summed E-state index contributed by atoms with van der Waals surface area (Å²) in [5.74, 6) is 0.800. The van der Waals surface area contributed by atoms with Crippen molar-refractivity contribution in [3.05, 3.63) is 53.7 Å². The van der Waals surface area contributed by atoms with Crippen molar-refractivity contribution in [1.82, 2.24) is 9.88 Å². The summed E-state index contributed by atoms with van der Waals surface area (Å²) >= 11 is 0. The summed E-state index contributed by atoms with van der Waals surface area (Å²) in [7, 11) is 6.23. The Morgan fingerprint density at radius 2 is 1.69 bits per heavy atom. The minimum absolute atomic E-state index is 0.0149. The maximum absolute atomic E-state index is 13.3. The zero-order valence-electron chi connectivity index (χ0n) is 24.5. The lowest BCUT2D eigenvalue weighted by molar-refractivity contribution is -0.190. The van der Waals surface area contributed by atoms with Crippen LogP contribution in [-0.4, -0.2) is 82.2 Å². The van der Waals surface area contributed by atoms with Gasteiger partial charge < -0.3 is 33.4 Å². The number of benzene rings is 2. The maximum atomic E-state index is 13.3. The van der Waals surface area contributed by atoms with Gasteiger partial charge in [-0.1, -0.05) is 0 Å². The minimum atomic E-state index is -0.620. The van der Waals surface area contributed by atoms with Gasteiger partial charge in [-0.2, -0.15) is 0 Å². The zero-order chi connectivity index (χ0) is 29.4. The van der Waals surface area contributed by atoms with Crippen molar-refractivity contribution in [1.29, 1.82) is 0 Å². The first-order valence-corrected chi connectivity index (χ1v) is 14.4. The number of carbonyl (C=O) groups is 2. The first-order valence-electron chi connectivity index (χ1n) is 14.4. The van der Waals surface area contributed by atoms with E-state index in [-0.39, 0.29) is 30.5 Å². The first-order chi connectivity index (χ1) is 20.4. The lowest BCUT2D eigenvalue weighted by Gasteiger charge is -2.52. The third-order valence-electron chi connectivity index (χ3n) is 9.30. The van der Waals surface area contributed by atoms with E-state index in [2.05, 4.69) is 16.0 Å². The molecule has 2 aromatic carbocycles. The summed E-state index contributed by atoms with van der Waals surface area (Å²) in [6.07, 6.45) is 1.11. The molecule has 10 nitrogen and oxygen atoms in total. The molecule has 0 amide bonds. The summed E-state index contributed by atoms with van der Waals surface area (Å²) < 4.78 is 33.4. The number of ether oxygens (including phenoxy) is 6. The molecule has 6 atom stereocenters. The van der Waals surface area contributed by atoms with Gasteiger partial charge in [-0.3, -0.25) is 9.69 Å². The van der Waals surface area contributed by atoms with E-state index in [9.17, 15) is 9.59 Å². The van der Waals surface area contributed by atoms with Crippen molar-refractivity contribution in [2.75, 3.05) is 48.1 Å². The Balaban J connectivity index is 1.21. The number of aromatic nitrogens is 1. The molecule has 1 aromatic heterocycles. The molecule has 224 valence electrons. The van der Waals surface area contributed by atoms with Gasteiger partial charge in [0.2, 0.25) is 0 Å². The molecule has 10 heteroatoms. The van der Waals surface area contributed by atoms with Gasteiger partial charge in [-0.15, -0.1) is 0 Å². The monoisotopic (exact) mass is 578 g/mol. The zero-order valence-corrected chi connectivity index (χ0v) is 24.5. The second-order valence-corrected chi connectivity index (χ2v) is 11.3. The maximum Gasteiger partial charge on any atom is 0.344 e. The number of nitrogens with one attached hydrogen (secondary N) is 1. The Labute approximate surface area is 245 Å². The van der Waals surface area contributed by atoms with Crippen LogP contribution in [0.1, 0.15) is 30.1 Å². The molecule has 0 spiro atoms. The van der Waals surface area contributed by atoms with Crippen LogP contribution in [0, 0.1) is 17.8 Å². The van der Waals surface area contributed by atoms with Crippen LogP contribution in [0.5, 0.6) is 17.2 Å². The number of carbonyl (C=O) groups excluding carboxylic acids is 2. The summed E-state index contributed by atoms with van der Waals surface area (Å²) in [6.45, 7) is 1.48. The first kappa shape index (κ1) is 28.4. The lowest BCUT2D eigenvalue weighted by Crippen LogP contribution is -2.58. The van der Waals surface area contributed by atoms with Crippen LogP contribution in [-0.2, 0) is 30.2 Å². The fourth-order valence-corrected chi connectivity index (χ4v) is 7.37. The van der Waals surface area contributed by atoms with Crippen LogP contribution in [0.15, 0.2) is 42.5 Å². The molecule has 1 saturated heterocycles. The van der Waals surface area contributed by atoms with E-state index in [0.29, 0.717) is 17.9 Å². The van der Waals surface area contributed by atoms with Crippen LogP contribution in [0.3, 0.4) is 0 Å². The average Bonchev–Trinajstić information content (AvgIpc) is 3.40. The smallest absolute Gasteiger partial charge is 0.344 e. The van der Waals surface area contributed by atoms with E-state index in [1.165, 1.54) is 23.8 Å². The van der Waals surface area contributed by atoms with Gasteiger partial charge >= 0.3 is 11.9 Å². The molecule has 6 rings (SSSR count). The molecule has 1 N–H and O–H groups in total. The third kappa shape index (κ3) is 5.18. The topological polar surface area (TPSA) is 109 Å². The highest BCUT2D eigenvalue weighted by atomic mass is 16.6. The fraction of sp³-hybridized carbons (Fsp3) is 0.500. The lowest BCUT2D eigenvalue weighted by atomic mass is 9.64. The summed E-state index contributed by atoms with van der Waals surface area (Å²) in [5.41, 5.74) is 3.62. The van der Waals surface area contributed by atoms with Crippen molar-refractivity contribution in [2.24, 2.45) is 17.8 Å². The van der Waals surface area contributed by atoms with Crippen LogP contribution < -0.4 is 14.2 Å². The van der Waals surface area contributed by atoms with Crippen LogP contribution in [0.2, 0.25) is 0 Å². The molecule has 0 bridgehead atoms. The summed E-state index contributed by atoms with van der Waals surface area (Å²) in [6, 6.07) is 13.3. The normalized spacial score (nSPS) is 26.9. The molecule has 3 aromatic rings. The van der Waals surface area contributed by atoms with Gasteiger partial charge in [0.1, 0.15) is 29.5 Å². The largest absolute Gasteiger partial charge is 0.497 e. The number of methoxy groups -OCH3 is 4. The highest BCUT2D eigenvalue weighted by Gasteiger charge is 2.54. The third-order valence-corrected chi connectivity index (χ3v) is 9.30. The molecule has 3 heterocycles. The number of piperidine rings is 1. The molecule has 3 unspecified atom stereocenters. The predicted molar refractivity (Wildman–Crippen MR) is 154 cm³/mol. The standard InChI is InChI=1S/C32H38N2O8/c1-37-19-5-7-20(8-6-19)41-17-28(35)42-27-13-18-16-34-12-11-23-22-10-9-21(38-2)14-25(22)33-30(23)26(34)15-24(18)29(31(27)39-3)32(36)40-4/h5-10,14,18,24,26-27,29,31,33H,11-13,15-17H2,1-4H3/t18-,24-,26-,27?,29?,31?/m0/s1. The van der Waals surface area contributed by atoms with Crippen LogP contribution in [0.4, 0.5) is 0 Å². The fourth-order valence-electron chi connectivity index (χ4n) is 7.37. The highest BCUT2D eigenvalue weighted by Crippen LogP contribution is 2.50. The Morgan fingerprint density at radius 1 is 0.952 bits per heavy atom. The van der Waals surface area contributed by atoms with Crippen molar-refractivity contribution in [2.45, 2.75) is 37.5 Å². The number of esters is 2. The van der Waals surface area contributed by atoms with Crippen molar-refractivity contribution >= 4 is 22.8 Å². The van der Waals surface area contributed by atoms with Crippen molar-refractivity contribution in [3.8, 4) is 17.2 Å². The molecule has 42 heavy (non-hydrogen) atoms. The molecular formula is C32H38N2O8. The van der Waals surface area contributed by atoms with Gasteiger partial charge in [0.15, 0.2) is 6.61 Å². The molecular weight excluding hydrogens is 540 g/mol. The van der Waals surface area contributed by atoms with Crippen LogP contribution in [0.25, 0.3) is 10.9 Å². The number of nitrogens with zero attached hydrogens (tertiary/aromatic N) is 1. The summed E-state index contributed by atoms with van der Waals surface area (Å²) in [5, 5.41) is 1.22. The Morgan fingerprint density at radius 3 is 2.40 bits per heavy atom. The second-order valence-electron chi connectivity index (χ2n) is 11.3. The minimum Gasteiger partial charge on any atom is -0.497 e. The van der Waals surface area contributed by atoms with E-state index in [1.54, 1.807) is 45.6 Å². The van der Waals surface area contributed by atoms with Crippen LogP contribution >= 0.6 is 0 Å². The van der Waals surface area contributed by atoms with E-state index in [0.717, 1.165) is 37.2 Å². The molecule has 0 radical (unpaired) electrons. The Kier molecular flexibility index (Phi) is 8.00. The quantitative estimate of drug-likeness (QED) is 0.398.